The molecule has 1 rings (SSSR count). The Morgan fingerprint density at radius 2 is 2.09 bits per heavy atom. The highest BCUT2D eigenvalue weighted by Crippen LogP contribution is 2.34. The van der Waals surface area contributed by atoms with Gasteiger partial charge in [0.2, 0.25) is 5.91 Å². The minimum Gasteiger partial charge on any atom is -0.368 e. The minimum atomic E-state index is -0.520. The van der Waals surface area contributed by atoms with Crippen molar-refractivity contribution < 1.29 is 4.79 Å². The van der Waals surface area contributed by atoms with E-state index in [-0.39, 0.29) is 10.8 Å². The molecular weight excluding hydrogens is 160 g/mol. The van der Waals surface area contributed by atoms with Gasteiger partial charge in [0, 0.05) is 5.75 Å². The summed E-state index contributed by atoms with van der Waals surface area (Å²) in [6.45, 7) is 5.94. The predicted octanol–water partition coefficient (Wildman–Crippen LogP) is 0.303. The van der Waals surface area contributed by atoms with Crippen LogP contribution in [0.3, 0.4) is 0 Å². The van der Waals surface area contributed by atoms with Gasteiger partial charge in [-0.1, -0.05) is 0 Å². The van der Waals surface area contributed by atoms with Crippen molar-refractivity contribution in [2.45, 2.75) is 31.2 Å². The van der Waals surface area contributed by atoms with Crippen molar-refractivity contribution in [2.75, 3.05) is 5.75 Å². The van der Waals surface area contributed by atoms with E-state index in [4.69, 9.17) is 5.73 Å². The molecule has 0 aliphatic carbocycles. The van der Waals surface area contributed by atoms with Crippen LogP contribution < -0.4 is 11.1 Å². The van der Waals surface area contributed by atoms with E-state index in [1.54, 1.807) is 11.8 Å². The summed E-state index contributed by atoms with van der Waals surface area (Å²) < 4.78 is 0. The third kappa shape index (κ3) is 1.68. The fourth-order valence-electron chi connectivity index (χ4n) is 1.19. The summed E-state index contributed by atoms with van der Waals surface area (Å²) in [6.07, 6.45) is 0. The average Bonchev–Trinajstić information content (AvgIpc) is 2.08. The van der Waals surface area contributed by atoms with Gasteiger partial charge in [0.1, 0.15) is 5.54 Å². The Bertz CT molecular complexity index is 193. The molecule has 4 heteroatoms. The molecule has 1 atom stereocenters. The second-order valence-electron chi connectivity index (χ2n) is 3.62. The van der Waals surface area contributed by atoms with Crippen LogP contribution in [0.15, 0.2) is 0 Å². The quantitative estimate of drug-likeness (QED) is 0.601. The summed E-state index contributed by atoms with van der Waals surface area (Å²) in [7, 11) is 0. The molecule has 0 radical (unpaired) electrons. The molecule has 64 valence electrons. The summed E-state index contributed by atoms with van der Waals surface area (Å²) in [5.74, 6) is 0.491. The molecule has 0 aromatic carbocycles. The molecule has 0 bridgehead atoms. The van der Waals surface area contributed by atoms with E-state index in [1.165, 1.54) is 0 Å². The third-order valence-electron chi connectivity index (χ3n) is 1.84. The SMILES string of the molecule is CC1(C)N[C@](C)(C(N)=O)CS1. The lowest BCUT2D eigenvalue weighted by Crippen LogP contribution is -2.54. The molecule has 1 saturated heterocycles. The Balaban J connectivity index is 2.73. The molecular formula is C7H14N2OS. The zero-order chi connectivity index (χ0) is 8.70. The first kappa shape index (κ1) is 8.87. The van der Waals surface area contributed by atoms with Crippen molar-refractivity contribution in [1.29, 1.82) is 0 Å². The number of carbonyl (C=O) groups excluding carboxylic acids is 1. The van der Waals surface area contributed by atoms with Crippen LogP contribution in [-0.2, 0) is 4.79 Å². The predicted molar refractivity (Wildman–Crippen MR) is 47.3 cm³/mol. The number of primary amides is 1. The first-order valence-corrected chi connectivity index (χ1v) is 4.57. The van der Waals surface area contributed by atoms with E-state index >= 15 is 0 Å². The van der Waals surface area contributed by atoms with E-state index in [2.05, 4.69) is 5.32 Å². The van der Waals surface area contributed by atoms with Gasteiger partial charge in [0.25, 0.3) is 0 Å². The van der Waals surface area contributed by atoms with Gasteiger partial charge in [0.15, 0.2) is 0 Å². The van der Waals surface area contributed by atoms with E-state index < -0.39 is 5.54 Å². The van der Waals surface area contributed by atoms with Crippen LogP contribution in [0.25, 0.3) is 0 Å². The van der Waals surface area contributed by atoms with E-state index in [1.807, 2.05) is 20.8 Å². The largest absolute Gasteiger partial charge is 0.368 e. The van der Waals surface area contributed by atoms with Gasteiger partial charge < -0.3 is 5.73 Å². The summed E-state index contributed by atoms with van der Waals surface area (Å²) >= 11 is 1.72. The smallest absolute Gasteiger partial charge is 0.238 e. The first-order chi connectivity index (χ1) is 4.86. The van der Waals surface area contributed by atoms with Crippen molar-refractivity contribution in [2.24, 2.45) is 5.73 Å². The second kappa shape index (κ2) is 2.38. The first-order valence-electron chi connectivity index (χ1n) is 3.59. The molecule has 1 amide bonds. The highest BCUT2D eigenvalue weighted by molar-refractivity contribution is 8.00. The van der Waals surface area contributed by atoms with Crippen molar-refractivity contribution >= 4 is 17.7 Å². The highest BCUT2D eigenvalue weighted by Gasteiger charge is 2.43. The Labute approximate surface area is 71.1 Å². The van der Waals surface area contributed by atoms with Crippen molar-refractivity contribution in [3.8, 4) is 0 Å². The van der Waals surface area contributed by atoms with Crippen LogP contribution >= 0.6 is 11.8 Å². The number of amides is 1. The maximum atomic E-state index is 11.0. The lowest BCUT2D eigenvalue weighted by molar-refractivity contribution is -0.123. The van der Waals surface area contributed by atoms with Gasteiger partial charge in [-0.05, 0) is 20.8 Å². The average molecular weight is 174 g/mol. The second-order valence-corrected chi connectivity index (χ2v) is 5.22. The van der Waals surface area contributed by atoms with Crippen LogP contribution in [-0.4, -0.2) is 22.1 Å². The molecule has 11 heavy (non-hydrogen) atoms. The van der Waals surface area contributed by atoms with Gasteiger partial charge in [-0.3, -0.25) is 10.1 Å². The lowest BCUT2D eigenvalue weighted by atomic mass is 10.0. The molecule has 0 saturated carbocycles. The molecule has 1 heterocycles. The maximum Gasteiger partial charge on any atom is 0.238 e. The molecule has 3 N–H and O–H groups in total. The van der Waals surface area contributed by atoms with Gasteiger partial charge in [-0.2, -0.15) is 0 Å². The van der Waals surface area contributed by atoms with Crippen LogP contribution in [0.2, 0.25) is 0 Å². The maximum absolute atomic E-state index is 11.0. The van der Waals surface area contributed by atoms with Gasteiger partial charge in [-0.15, -0.1) is 11.8 Å². The van der Waals surface area contributed by atoms with Gasteiger partial charge in [-0.25, -0.2) is 0 Å². The zero-order valence-corrected chi connectivity index (χ0v) is 7.92. The summed E-state index contributed by atoms with van der Waals surface area (Å²) in [4.78, 5) is 10.9. The number of thioether (sulfide) groups is 1. The number of hydrogen-bond donors (Lipinski definition) is 2. The van der Waals surface area contributed by atoms with Crippen molar-refractivity contribution in [1.82, 2.24) is 5.32 Å². The molecule has 0 spiro atoms. The van der Waals surface area contributed by atoms with E-state index in [0.717, 1.165) is 5.75 Å². The van der Waals surface area contributed by atoms with Crippen LogP contribution in [0.5, 0.6) is 0 Å². The highest BCUT2D eigenvalue weighted by atomic mass is 32.2. The fourth-order valence-corrected chi connectivity index (χ4v) is 2.36. The fraction of sp³-hybridized carbons (Fsp3) is 0.857. The van der Waals surface area contributed by atoms with E-state index in [0.29, 0.717) is 0 Å². The van der Waals surface area contributed by atoms with Crippen molar-refractivity contribution in [3.05, 3.63) is 0 Å². The minimum absolute atomic E-state index is 0.0240. The topological polar surface area (TPSA) is 55.1 Å². The monoisotopic (exact) mass is 174 g/mol. The van der Waals surface area contributed by atoms with Crippen LogP contribution in [0.1, 0.15) is 20.8 Å². The normalized spacial score (nSPS) is 35.5. The molecule has 1 fully saturated rings. The summed E-state index contributed by atoms with van der Waals surface area (Å²) in [6, 6.07) is 0. The van der Waals surface area contributed by atoms with Crippen LogP contribution in [0.4, 0.5) is 0 Å². The number of carbonyl (C=O) groups is 1. The van der Waals surface area contributed by atoms with E-state index in [9.17, 15) is 4.79 Å². The zero-order valence-electron chi connectivity index (χ0n) is 7.10. The van der Waals surface area contributed by atoms with Crippen LogP contribution in [0, 0.1) is 0 Å². The van der Waals surface area contributed by atoms with Crippen molar-refractivity contribution in [3.63, 3.8) is 0 Å². The molecule has 0 aromatic rings. The standard InChI is InChI=1S/C7H14N2OS/c1-6(2)9-7(3,4-11-6)5(8)10/h9H,4H2,1-3H3,(H2,8,10)/t7-/m0/s1. The Morgan fingerprint density at radius 1 is 1.55 bits per heavy atom. The summed E-state index contributed by atoms with van der Waals surface area (Å²) in [5.41, 5.74) is 4.72. The number of hydrogen-bond acceptors (Lipinski definition) is 3. The molecule has 0 unspecified atom stereocenters. The number of nitrogens with two attached hydrogens (primary N) is 1. The molecule has 3 nitrogen and oxygen atoms in total. The number of rotatable bonds is 1. The summed E-state index contributed by atoms with van der Waals surface area (Å²) in [5, 5.41) is 3.19. The molecule has 0 aromatic heterocycles. The third-order valence-corrected chi connectivity index (χ3v) is 3.39. The molecule has 1 aliphatic heterocycles. The Morgan fingerprint density at radius 3 is 2.27 bits per heavy atom. The Hall–Kier alpha value is -0.220. The van der Waals surface area contributed by atoms with Gasteiger partial charge in [0.05, 0.1) is 4.87 Å². The molecule has 1 aliphatic rings. The number of nitrogens with one attached hydrogen (secondary N) is 1. The Kier molecular flexibility index (Phi) is 1.92. The lowest BCUT2D eigenvalue weighted by Gasteiger charge is -2.24. The van der Waals surface area contributed by atoms with Gasteiger partial charge >= 0.3 is 0 Å².